The third kappa shape index (κ3) is 4.85. The Morgan fingerprint density at radius 1 is 1.06 bits per heavy atom. The maximum atomic E-state index is 12.8. The Hall–Kier alpha value is -3.85. The minimum atomic E-state index is -0.282. The van der Waals surface area contributed by atoms with Crippen LogP contribution in [0.2, 0.25) is 0 Å². The van der Waals surface area contributed by atoms with E-state index in [9.17, 15) is 9.59 Å². The summed E-state index contributed by atoms with van der Waals surface area (Å²) in [5, 5.41) is 6.95. The molecule has 0 bridgehead atoms. The minimum absolute atomic E-state index is 0.104. The van der Waals surface area contributed by atoms with Gasteiger partial charge in [0.25, 0.3) is 5.91 Å². The molecule has 0 saturated carbocycles. The molecular formula is C26H24N4O4S. The van der Waals surface area contributed by atoms with Crippen LogP contribution in [0.1, 0.15) is 39.7 Å². The van der Waals surface area contributed by atoms with E-state index < -0.39 is 0 Å². The molecule has 0 aliphatic carbocycles. The van der Waals surface area contributed by atoms with E-state index in [1.54, 1.807) is 24.3 Å². The molecule has 3 heterocycles. The van der Waals surface area contributed by atoms with Gasteiger partial charge in [0.05, 0.1) is 23.8 Å². The average Bonchev–Trinajstić information content (AvgIpc) is 3.16. The van der Waals surface area contributed by atoms with Gasteiger partial charge in [-0.25, -0.2) is 4.98 Å². The zero-order chi connectivity index (χ0) is 24.4. The van der Waals surface area contributed by atoms with E-state index in [1.807, 2.05) is 44.2 Å². The minimum Gasteiger partial charge on any atom is -0.493 e. The SMILES string of the molecule is Cc1oc2nc(SCC(=O)N[C@@H]3CCOc4ccccc43)nc(NC(=O)c3ccccc3)c2c1C. The predicted octanol–water partition coefficient (Wildman–Crippen LogP) is 4.82. The number of benzene rings is 2. The zero-order valence-electron chi connectivity index (χ0n) is 19.3. The van der Waals surface area contributed by atoms with Gasteiger partial charge in [-0.3, -0.25) is 9.59 Å². The summed E-state index contributed by atoms with van der Waals surface area (Å²) in [7, 11) is 0. The van der Waals surface area contributed by atoms with E-state index in [1.165, 1.54) is 11.8 Å². The smallest absolute Gasteiger partial charge is 0.256 e. The number of furan rings is 1. The number of aromatic nitrogens is 2. The maximum Gasteiger partial charge on any atom is 0.256 e. The topological polar surface area (TPSA) is 106 Å². The molecule has 5 rings (SSSR count). The van der Waals surface area contributed by atoms with Crippen molar-refractivity contribution >= 4 is 40.5 Å². The fraction of sp³-hybridized carbons (Fsp3) is 0.231. The van der Waals surface area contributed by atoms with E-state index in [2.05, 4.69) is 20.6 Å². The number of hydrogen-bond acceptors (Lipinski definition) is 7. The van der Waals surface area contributed by atoms with Crippen LogP contribution in [-0.4, -0.2) is 34.1 Å². The second-order valence-corrected chi connectivity index (χ2v) is 9.16. The molecule has 1 atom stereocenters. The first kappa shape index (κ1) is 22.9. The number of para-hydroxylation sites is 1. The summed E-state index contributed by atoms with van der Waals surface area (Å²) < 4.78 is 11.5. The molecule has 0 spiro atoms. The summed E-state index contributed by atoms with van der Waals surface area (Å²) in [6.45, 7) is 4.29. The number of aryl methyl sites for hydroxylation is 2. The number of carbonyl (C=O) groups excluding carboxylic acids is 2. The summed E-state index contributed by atoms with van der Waals surface area (Å²) in [5.74, 6) is 1.56. The van der Waals surface area contributed by atoms with Crippen molar-refractivity contribution < 1.29 is 18.7 Å². The van der Waals surface area contributed by atoms with Crippen molar-refractivity contribution in [1.29, 1.82) is 0 Å². The van der Waals surface area contributed by atoms with Gasteiger partial charge in [-0.1, -0.05) is 48.2 Å². The van der Waals surface area contributed by atoms with Gasteiger partial charge in [-0.15, -0.1) is 0 Å². The summed E-state index contributed by atoms with van der Waals surface area (Å²) >= 11 is 1.19. The standard InChI is InChI=1S/C26H24N4O4S/c1-15-16(2)34-25-22(15)23(28-24(32)17-8-4-3-5-9-17)29-26(30-25)35-14-21(31)27-19-12-13-33-20-11-7-6-10-18(19)20/h3-11,19H,12-14H2,1-2H3,(H,27,31)(H,28,29,30,32)/t19-/m1/s1. The number of hydrogen-bond donors (Lipinski definition) is 2. The summed E-state index contributed by atoms with van der Waals surface area (Å²) in [6, 6.07) is 16.5. The number of carbonyl (C=O) groups is 2. The highest BCUT2D eigenvalue weighted by Crippen LogP contribution is 2.33. The normalized spacial score (nSPS) is 14.7. The number of anilines is 1. The molecule has 8 nitrogen and oxygen atoms in total. The van der Waals surface area contributed by atoms with Gasteiger partial charge in [-0.05, 0) is 32.0 Å². The van der Waals surface area contributed by atoms with Gasteiger partial charge >= 0.3 is 0 Å². The van der Waals surface area contributed by atoms with Crippen LogP contribution in [-0.2, 0) is 4.79 Å². The Morgan fingerprint density at radius 2 is 1.83 bits per heavy atom. The van der Waals surface area contributed by atoms with Gasteiger partial charge in [0.15, 0.2) is 5.16 Å². The van der Waals surface area contributed by atoms with Crippen molar-refractivity contribution in [3.8, 4) is 5.75 Å². The third-order valence-corrected chi connectivity index (χ3v) is 6.75. The molecule has 0 fully saturated rings. The van der Waals surface area contributed by atoms with Crippen LogP contribution in [0.4, 0.5) is 5.82 Å². The molecule has 35 heavy (non-hydrogen) atoms. The first-order valence-electron chi connectivity index (χ1n) is 11.3. The van der Waals surface area contributed by atoms with Crippen LogP contribution in [0.5, 0.6) is 5.75 Å². The van der Waals surface area contributed by atoms with Crippen LogP contribution in [0.25, 0.3) is 11.1 Å². The molecule has 1 aliphatic rings. The largest absolute Gasteiger partial charge is 0.493 e. The highest BCUT2D eigenvalue weighted by atomic mass is 32.2. The lowest BCUT2D eigenvalue weighted by atomic mass is 10.0. The molecule has 178 valence electrons. The summed E-state index contributed by atoms with van der Waals surface area (Å²) in [4.78, 5) is 34.6. The highest BCUT2D eigenvalue weighted by molar-refractivity contribution is 7.99. The molecule has 2 N–H and O–H groups in total. The van der Waals surface area contributed by atoms with E-state index in [-0.39, 0.29) is 23.6 Å². The number of fused-ring (bicyclic) bond motifs is 2. The molecule has 9 heteroatoms. The van der Waals surface area contributed by atoms with E-state index in [4.69, 9.17) is 9.15 Å². The van der Waals surface area contributed by atoms with Gasteiger partial charge in [0, 0.05) is 23.1 Å². The summed E-state index contributed by atoms with van der Waals surface area (Å²) in [5.41, 5.74) is 2.72. The van der Waals surface area contributed by atoms with Crippen molar-refractivity contribution in [3.63, 3.8) is 0 Å². The molecular weight excluding hydrogens is 464 g/mol. The lowest BCUT2D eigenvalue weighted by Gasteiger charge is -2.26. The Labute approximate surface area is 206 Å². The second kappa shape index (κ2) is 9.79. The molecule has 0 unspecified atom stereocenters. The molecule has 4 aromatic rings. The fourth-order valence-corrected chi connectivity index (χ4v) is 4.66. The Morgan fingerprint density at radius 3 is 2.66 bits per heavy atom. The first-order chi connectivity index (χ1) is 17.0. The molecule has 0 saturated heterocycles. The molecule has 2 aromatic carbocycles. The molecule has 2 amide bonds. The number of nitrogens with zero attached hydrogens (tertiary/aromatic N) is 2. The van der Waals surface area contributed by atoms with Crippen LogP contribution >= 0.6 is 11.8 Å². The van der Waals surface area contributed by atoms with Crippen LogP contribution < -0.4 is 15.4 Å². The third-order valence-electron chi connectivity index (χ3n) is 5.90. The second-order valence-electron chi connectivity index (χ2n) is 8.22. The van der Waals surface area contributed by atoms with Crippen LogP contribution in [0.3, 0.4) is 0 Å². The van der Waals surface area contributed by atoms with Gasteiger partial charge < -0.3 is 19.8 Å². The Bertz CT molecular complexity index is 1400. The number of nitrogens with one attached hydrogen (secondary N) is 2. The monoisotopic (exact) mass is 488 g/mol. The van der Waals surface area contributed by atoms with Crippen LogP contribution in [0, 0.1) is 13.8 Å². The zero-order valence-corrected chi connectivity index (χ0v) is 20.1. The van der Waals surface area contributed by atoms with Crippen molar-refractivity contribution in [2.75, 3.05) is 17.7 Å². The van der Waals surface area contributed by atoms with Crippen molar-refractivity contribution in [1.82, 2.24) is 15.3 Å². The number of rotatable bonds is 6. The summed E-state index contributed by atoms with van der Waals surface area (Å²) in [6.07, 6.45) is 0.705. The number of thioether (sulfide) groups is 1. The lowest BCUT2D eigenvalue weighted by Crippen LogP contribution is -2.33. The van der Waals surface area contributed by atoms with Crippen molar-refractivity contribution in [3.05, 3.63) is 77.0 Å². The van der Waals surface area contributed by atoms with Crippen molar-refractivity contribution in [2.45, 2.75) is 31.5 Å². The predicted molar refractivity (Wildman–Crippen MR) is 134 cm³/mol. The Kier molecular flexibility index (Phi) is 6.41. The van der Waals surface area contributed by atoms with E-state index >= 15 is 0 Å². The number of ether oxygens (including phenoxy) is 1. The first-order valence-corrected chi connectivity index (χ1v) is 12.3. The highest BCUT2D eigenvalue weighted by Gasteiger charge is 2.23. The van der Waals surface area contributed by atoms with Gasteiger partial charge in [-0.2, -0.15) is 4.98 Å². The Balaban J connectivity index is 1.33. The lowest BCUT2D eigenvalue weighted by molar-refractivity contribution is -0.119. The van der Waals surface area contributed by atoms with Gasteiger partial charge in [0.1, 0.15) is 17.3 Å². The average molecular weight is 489 g/mol. The van der Waals surface area contributed by atoms with E-state index in [0.717, 1.165) is 16.9 Å². The van der Waals surface area contributed by atoms with Crippen molar-refractivity contribution in [2.24, 2.45) is 0 Å². The van der Waals surface area contributed by atoms with E-state index in [0.29, 0.717) is 46.4 Å². The maximum absolute atomic E-state index is 12.8. The van der Waals surface area contributed by atoms with Crippen LogP contribution in [0.15, 0.2) is 64.2 Å². The molecule has 1 aliphatic heterocycles. The number of amides is 2. The molecule has 2 aromatic heterocycles. The quantitative estimate of drug-likeness (QED) is 0.296. The van der Waals surface area contributed by atoms with Gasteiger partial charge in [0.2, 0.25) is 11.6 Å². The fourth-order valence-electron chi connectivity index (χ4n) is 4.01. The molecule has 0 radical (unpaired) electrons.